The molecule has 0 fully saturated rings. The summed E-state index contributed by atoms with van der Waals surface area (Å²) < 4.78 is 0. The van der Waals surface area contributed by atoms with Crippen LogP contribution in [-0.4, -0.2) is 17.8 Å². The Hall–Kier alpha value is -0.0800. The lowest BCUT2D eigenvalue weighted by atomic mass is 10.0. The molecule has 0 aromatic rings. The van der Waals surface area contributed by atoms with Crippen molar-refractivity contribution >= 4 is 0 Å². The Morgan fingerprint density at radius 3 is 1.35 bits per heavy atom. The summed E-state index contributed by atoms with van der Waals surface area (Å²) in [4.78, 5) is 0. The minimum Gasteiger partial charge on any atom is -0.392 e. The summed E-state index contributed by atoms with van der Waals surface area (Å²) in [5, 5.41) is 9.32. The zero-order valence-electron chi connectivity index (χ0n) is 13.9. The number of unbranched alkanes of at least 4 members (excludes halogenated alkanes) is 13. The molecule has 0 aliphatic heterocycles. The Balaban J connectivity index is 2.96. The van der Waals surface area contributed by atoms with Crippen LogP contribution in [0.15, 0.2) is 0 Å². The van der Waals surface area contributed by atoms with E-state index in [1.165, 1.54) is 83.5 Å². The molecule has 0 aliphatic carbocycles. The predicted molar refractivity (Wildman–Crippen MR) is 90.0 cm³/mol. The molecular formula is C18H39NO. The molecule has 0 saturated heterocycles. The number of rotatable bonds is 16. The van der Waals surface area contributed by atoms with Gasteiger partial charge in [-0.05, 0) is 6.42 Å². The van der Waals surface area contributed by atoms with Gasteiger partial charge >= 0.3 is 0 Å². The average molecular weight is 286 g/mol. The van der Waals surface area contributed by atoms with Crippen molar-refractivity contribution in [2.45, 2.75) is 109 Å². The minimum atomic E-state index is -0.271. The third kappa shape index (κ3) is 16.0. The van der Waals surface area contributed by atoms with Crippen LogP contribution < -0.4 is 5.73 Å². The highest BCUT2D eigenvalue weighted by atomic mass is 16.3. The summed E-state index contributed by atoms with van der Waals surface area (Å²) >= 11 is 0. The topological polar surface area (TPSA) is 46.2 Å². The molecule has 0 aliphatic rings. The molecule has 0 unspecified atom stereocenters. The second kappa shape index (κ2) is 17.0. The normalized spacial score (nSPS) is 12.8. The van der Waals surface area contributed by atoms with Gasteiger partial charge in [-0.15, -0.1) is 0 Å². The first-order chi connectivity index (χ1) is 9.81. The lowest BCUT2D eigenvalue weighted by Crippen LogP contribution is -2.19. The predicted octanol–water partition coefficient (Wildman–Crippen LogP) is 5.18. The van der Waals surface area contributed by atoms with Gasteiger partial charge in [-0.1, -0.05) is 96.8 Å². The molecule has 2 nitrogen and oxygen atoms in total. The van der Waals surface area contributed by atoms with E-state index in [1.807, 2.05) is 0 Å². The molecule has 3 N–H and O–H groups in total. The molecular weight excluding hydrogens is 246 g/mol. The summed E-state index contributed by atoms with van der Waals surface area (Å²) in [5.41, 5.74) is 5.38. The van der Waals surface area contributed by atoms with Gasteiger partial charge in [-0.25, -0.2) is 0 Å². The maximum Gasteiger partial charge on any atom is 0.0662 e. The first-order valence-corrected chi connectivity index (χ1v) is 9.19. The monoisotopic (exact) mass is 285 g/mol. The van der Waals surface area contributed by atoms with Gasteiger partial charge in [0.25, 0.3) is 0 Å². The molecule has 0 rings (SSSR count). The molecule has 0 radical (unpaired) electrons. The third-order valence-electron chi connectivity index (χ3n) is 4.16. The van der Waals surface area contributed by atoms with Crippen molar-refractivity contribution in [1.82, 2.24) is 0 Å². The zero-order chi connectivity index (χ0) is 14.9. The number of hydrogen-bond donors (Lipinski definition) is 2. The highest BCUT2D eigenvalue weighted by Crippen LogP contribution is 2.13. The first kappa shape index (κ1) is 19.9. The van der Waals surface area contributed by atoms with Crippen molar-refractivity contribution in [3.8, 4) is 0 Å². The Labute approximate surface area is 127 Å². The van der Waals surface area contributed by atoms with Crippen molar-refractivity contribution in [1.29, 1.82) is 0 Å². The molecule has 0 saturated carbocycles. The van der Waals surface area contributed by atoms with E-state index in [0.717, 1.165) is 12.8 Å². The lowest BCUT2D eigenvalue weighted by molar-refractivity contribution is 0.168. The van der Waals surface area contributed by atoms with Crippen LogP contribution in [0.4, 0.5) is 0 Å². The van der Waals surface area contributed by atoms with E-state index in [9.17, 15) is 5.11 Å². The van der Waals surface area contributed by atoms with E-state index in [-0.39, 0.29) is 6.10 Å². The summed E-state index contributed by atoms with van der Waals surface area (Å²) in [6.45, 7) is 2.69. The van der Waals surface area contributed by atoms with Gasteiger partial charge in [-0.2, -0.15) is 0 Å². The molecule has 0 aromatic carbocycles. The minimum absolute atomic E-state index is 0.271. The van der Waals surface area contributed by atoms with Gasteiger partial charge < -0.3 is 10.8 Å². The van der Waals surface area contributed by atoms with Crippen molar-refractivity contribution in [3.63, 3.8) is 0 Å². The maximum atomic E-state index is 9.32. The largest absolute Gasteiger partial charge is 0.392 e. The van der Waals surface area contributed by atoms with E-state index < -0.39 is 0 Å². The van der Waals surface area contributed by atoms with Gasteiger partial charge in [-0.3, -0.25) is 0 Å². The number of nitrogens with two attached hydrogens (primary N) is 1. The number of hydrogen-bond acceptors (Lipinski definition) is 2. The highest BCUT2D eigenvalue weighted by Gasteiger charge is 1.99. The average Bonchev–Trinajstić information content (AvgIpc) is 2.47. The molecule has 122 valence electrons. The second-order valence-electron chi connectivity index (χ2n) is 6.27. The van der Waals surface area contributed by atoms with E-state index in [0.29, 0.717) is 6.54 Å². The first-order valence-electron chi connectivity index (χ1n) is 9.19. The third-order valence-corrected chi connectivity index (χ3v) is 4.16. The SMILES string of the molecule is CCCCCCCCCCCCCCCC[C@H](O)CN. The van der Waals surface area contributed by atoms with Crippen molar-refractivity contribution in [2.75, 3.05) is 6.54 Å². The second-order valence-corrected chi connectivity index (χ2v) is 6.27. The van der Waals surface area contributed by atoms with Crippen LogP contribution in [0, 0.1) is 0 Å². The van der Waals surface area contributed by atoms with Crippen molar-refractivity contribution in [3.05, 3.63) is 0 Å². The Morgan fingerprint density at radius 1 is 0.650 bits per heavy atom. The van der Waals surface area contributed by atoms with Crippen LogP contribution in [-0.2, 0) is 0 Å². The molecule has 0 bridgehead atoms. The van der Waals surface area contributed by atoms with E-state index in [2.05, 4.69) is 6.92 Å². The summed E-state index contributed by atoms with van der Waals surface area (Å²) in [6, 6.07) is 0. The van der Waals surface area contributed by atoms with Crippen molar-refractivity contribution < 1.29 is 5.11 Å². The van der Waals surface area contributed by atoms with Crippen LogP contribution in [0.25, 0.3) is 0 Å². The van der Waals surface area contributed by atoms with Crippen LogP contribution in [0.5, 0.6) is 0 Å². The van der Waals surface area contributed by atoms with Crippen LogP contribution in [0.2, 0.25) is 0 Å². The van der Waals surface area contributed by atoms with Gasteiger partial charge in [0.15, 0.2) is 0 Å². The quantitative estimate of drug-likeness (QED) is 0.384. The van der Waals surface area contributed by atoms with Crippen molar-refractivity contribution in [2.24, 2.45) is 5.73 Å². The highest BCUT2D eigenvalue weighted by molar-refractivity contribution is 4.56. The van der Waals surface area contributed by atoms with Crippen LogP contribution in [0.3, 0.4) is 0 Å². The summed E-state index contributed by atoms with van der Waals surface area (Å²) in [6.07, 6.45) is 19.9. The fourth-order valence-corrected chi connectivity index (χ4v) is 2.69. The van der Waals surface area contributed by atoms with E-state index in [4.69, 9.17) is 5.73 Å². The van der Waals surface area contributed by atoms with Gasteiger partial charge in [0.05, 0.1) is 6.10 Å². The lowest BCUT2D eigenvalue weighted by Gasteiger charge is -2.06. The molecule has 0 aromatic heterocycles. The standard InChI is InChI=1S/C18H39NO/c1-2-3-4-5-6-7-8-9-10-11-12-13-14-15-16-18(20)17-19/h18,20H,2-17,19H2,1H3/t18-/m0/s1. The fourth-order valence-electron chi connectivity index (χ4n) is 2.69. The molecule has 2 heteroatoms. The molecule has 0 amide bonds. The van der Waals surface area contributed by atoms with E-state index >= 15 is 0 Å². The molecule has 0 heterocycles. The van der Waals surface area contributed by atoms with E-state index in [1.54, 1.807) is 0 Å². The number of aliphatic hydroxyl groups excluding tert-OH is 1. The summed E-state index contributed by atoms with van der Waals surface area (Å²) in [5.74, 6) is 0. The maximum absolute atomic E-state index is 9.32. The Bertz CT molecular complexity index is 173. The fraction of sp³-hybridized carbons (Fsp3) is 1.00. The Kier molecular flexibility index (Phi) is 16.9. The molecule has 1 atom stereocenters. The van der Waals surface area contributed by atoms with Gasteiger partial charge in [0.1, 0.15) is 0 Å². The zero-order valence-corrected chi connectivity index (χ0v) is 13.9. The Morgan fingerprint density at radius 2 is 1.00 bits per heavy atom. The van der Waals surface area contributed by atoms with Crippen LogP contribution >= 0.6 is 0 Å². The smallest absolute Gasteiger partial charge is 0.0662 e. The summed E-state index contributed by atoms with van der Waals surface area (Å²) in [7, 11) is 0. The number of aliphatic hydroxyl groups is 1. The van der Waals surface area contributed by atoms with Crippen LogP contribution in [0.1, 0.15) is 103 Å². The van der Waals surface area contributed by atoms with Gasteiger partial charge in [0, 0.05) is 6.54 Å². The van der Waals surface area contributed by atoms with Gasteiger partial charge in [0.2, 0.25) is 0 Å². The molecule has 0 spiro atoms. The molecule has 20 heavy (non-hydrogen) atoms.